The van der Waals surface area contributed by atoms with Crippen molar-refractivity contribution in [2.75, 3.05) is 19.8 Å². The van der Waals surface area contributed by atoms with Crippen LogP contribution in [0, 0.1) is 0 Å². The molecule has 0 heterocycles. The molecule has 0 aromatic rings. The molecule has 6 nitrogen and oxygen atoms in total. The highest BCUT2D eigenvalue weighted by Gasteiger charge is 2.28. The zero-order chi connectivity index (χ0) is 13.5. The number of rotatable bonds is 8. The van der Waals surface area contributed by atoms with Crippen molar-refractivity contribution in [2.45, 2.75) is 33.5 Å². The molecule has 0 atom stereocenters. The second kappa shape index (κ2) is 7.28. The maximum absolute atomic E-state index is 11.8. The van der Waals surface area contributed by atoms with Gasteiger partial charge in [0.1, 0.15) is 0 Å². The molecule has 0 fully saturated rings. The SMILES string of the molecule is CCOP(=O)(OCC)OCC(=O)O[Si](C)(C)C. The van der Waals surface area contributed by atoms with E-state index in [9.17, 15) is 9.36 Å². The molecule has 8 heteroatoms. The first-order valence-electron chi connectivity index (χ1n) is 5.48. The Kier molecular flexibility index (Phi) is 7.19. The fourth-order valence-corrected chi connectivity index (χ4v) is 2.79. The number of carbonyl (C=O) groups excluding carboxylic acids is 1. The van der Waals surface area contributed by atoms with Gasteiger partial charge >= 0.3 is 13.8 Å². The van der Waals surface area contributed by atoms with Crippen LogP contribution in [0.2, 0.25) is 19.6 Å². The molecule has 0 saturated heterocycles. The summed E-state index contributed by atoms with van der Waals surface area (Å²) in [6.07, 6.45) is 0. The second-order valence-corrected chi connectivity index (χ2v) is 10.2. The van der Waals surface area contributed by atoms with Gasteiger partial charge in [-0.15, -0.1) is 0 Å². The molecule has 0 rings (SSSR count). The Labute approximate surface area is 103 Å². The number of hydrogen-bond donors (Lipinski definition) is 0. The monoisotopic (exact) mass is 284 g/mol. The molecule has 0 saturated carbocycles. The summed E-state index contributed by atoms with van der Waals surface area (Å²) in [5, 5.41) is 0. The fraction of sp³-hybridized carbons (Fsp3) is 0.889. The molecule has 0 aromatic heterocycles. The summed E-state index contributed by atoms with van der Waals surface area (Å²) in [4.78, 5) is 11.4. The zero-order valence-electron chi connectivity index (χ0n) is 11.0. The van der Waals surface area contributed by atoms with Crippen LogP contribution in [-0.2, 0) is 27.4 Å². The predicted molar refractivity (Wildman–Crippen MR) is 66.2 cm³/mol. The van der Waals surface area contributed by atoms with E-state index in [0.29, 0.717) is 0 Å². The normalized spacial score (nSPS) is 12.5. The van der Waals surface area contributed by atoms with Gasteiger partial charge in [-0.2, -0.15) is 0 Å². The summed E-state index contributed by atoms with van der Waals surface area (Å²) in [6.45, 7) is 8.87. The van der Waals surface area contributed by atoms with E-state index in [0.717, 1.165) is 0 Å². The van der Waals surface area contributed by atoms with Gasteiger partial charge in [0.25, 0.3) is 0 Å². The molecule has 0 bridgehead atoms. The quantitative estimate of drug-likeness (QED) is 0.504. The van der Waals surface area contributed by atoms with Crippen molar-refractivity contribution >= 4 is 22.1 Å². The van der Waals surface area contributed by atoms with E-state index in [-0.39, 0.29) is 13.2 Å². The first-order valence-corrected chi connectivity index (χ1v) is 10.3. The Morgan fingerprint density at radius 1 is 1.06 bits per heavy atom. The van der Waals surface area contributed by atoms with Gasteiger partial charge in [0, 0.05) is 0 Å². The van der Waals surface area contributed by atoms with Crippen LogP contribution in [0.15, 0.2) is 0 Å². The van der Waals surface area contributed by atoms with E-state index in [1.165, 1.54) is 0 Å². The Morgan fingerprint density at radius 3 is 1.88 bits per heavy atom. The van der Waals surface area contributed by atoms with Gasteiger partial charge in [0.05, 0.1) is 13.2 Å². The highest BCUT2D eigenvalue weighted by Crippen LogP contribution is 2.49. The van der Waals surface area contributed by atoms with Crippen molar-refractivity contribution in [3.63, 3.8) is 0 Å². The van der Waals surface area contributed by atoms with Crippen LogP contribution in [0.25, 0.3) is 0 Å². The lowest BCUT2D eigenvalue weighted by Crippen LogP contribution is -2.31. The molecule has 0 spiro atoms. The van der Waals surface area contributed by atoms with Crippen LogP contribution in [-0.4, -0.2) is 34.1 Å². The third-order valence-corrected chi connectivity index (χ3v) is 3.77. The summed E-state index contributed by atoms with van der Waals surface area (Å²) < 4.78 is 31.6. The van der Waals surface area contributed by atoms with Crippen LogP contribution in [0.5, 0.6) is 0 Å². The Balaban J connectivity index is 4.22. The van der Waals surface area contributed by atoms with Crippen LogP contribution in [0.1, 0.15) is 13.8 Å². The molecule has 0 aromatic carbocycles. The summed E-state index contributed by atoms with van der Waals surface area (Å²) in [5.74, 6) is -0.552. The number of phosphoric acid groups is 1. The minimum absolute atomic E-state index is 0.181. The van der Waals surface area contributed by atoms with E-state index in [2.05, 4.69) is 0 Å². The molecule has 0 radical (unpaired) electrons. The van der Waals surface area contributed by atoms with Crippen LogP contribution < -0.4 is 0 Å². The van der Waals surface area contributed by atoms with Crippen molar-refractivity contribution in [3.05, 3.63) is 0 Å². The van der Waals surface area contributed by atoms with Gasteiger partial charge in [-0.1, -0.05) is 0 Å². The van der Waals surface area contributed by atoms with Crippen molar-refractivity contribution in [2.24, 2.45) is 0 Å². The van der Waals surface area contributed by atoms with Crippen LogP contribution in [0.3, 0.4) is 0 Å². The Morgan fingerprint density at radius 2 is 1.53 bits per heavy atom. The average molecular weight is 284 g/mol. The van der Waals surface area contributed by atoms with E-state index >= 15 is 0 Å². The maximum atomic E-state index is 11.8. The summed E-state index contributed by atoms with van der Waals surface area (Å²) in [6, 6.07) is 0. The zero-order valence-corrected chi connectivity index (χ0v) is 12.9. The first-order chi connectivity index (χ1) is 7.72. The van der Waals surface area contributed by atoms with Crippen molar-refractivity contribution in [3.8, 4) is 0 Å². The predicted octanol–water partition coefficient (Wildman–Crippen LogP) is 2.56. The minimum atomic E-state index is -3.62. The largest absolute Gasteiger partial charge is 0.518 e. The first kappa shape index (κ1) is 16.8. The molecule has 0 aliphatic rings. The maximum Gasteiger partial charge on any atom is 0.475 e. The van der Waals surface area contributed by atoms with Gasteiger partial charge in [-0.25, -0.2) is 4.57 Å². The lowest BCUT2D eigenvalue weighted by Gasteiger charge is -2.19. The second-order valence-electron chi connectivity index (χ2n) is 4.14. The highest BCUT2D eigenvalue weighted by molar-refractivity contribution is 7.48. The van der Waals surface area contributed by atoms with E-state index in [1.807, 2.05) is 19.6 Å². The van der Waals surface area contributed by atoms with Gasteiger partial charge in [-0.3, -0.25) is 18.4 Å². The molecule has 102 valence electrons. The van der Waals surface area contributed by atoms with Crippen molar-refractivity contribution < 1.29 is 27.4 Å². The summed E-state index contributed by atoms with van der Waals surface area (Å²) in [7, 11) is -5.58. The van der Waals surface area contributed by atoms with E-state index in [4.69, 9.17) is 18.0 Å². The van der Waals surface area contributed by atoms with Crippen molar-refractivity contribution in [1.82, 2.24) is 0 Å². The molecular weight excluding hydrogens is 263 g/mol. The molecular formula is C9H21O6PSi. The number of carbonyl (C=O) groups is 1. The average Bonchev–Trinajstić information content (AvgIpc) is 2.13. The van der Waals surface area contributed by atoms with Gasteiger partial charge in [0.2, 0.25) is 8.32 Å². The third-order valence-electron chi connectivity index (χ3n) is 1.33. The lowest BCUT2D eigenvalue weighted by molar-refractivity contribution is -0.138. The van der Waals surface area contributed by atoms with Crippen molar-refractivity contribution in [1.29, 1.82) is 0 Å². The minimum Gasteiger partial charge on any atom is -0.518 e. The molecule has 0 N–H and O–H groups in total. The van der Waals surface area contributed by atoms with Gasteiger partial charge in [-0.05, 0) is 33.5 Å². The summed E-state index contributed by atoms with van der Waals surface area (Å²) >= 11 is 0. The lowest BCUT2D eigenvalue weighted by atomic mass is 10.8. The highest BCUT2D eigenvalue weighted by atomic mass is 31.2. The topological polar surface area (TPSA) is 71.1 Å². The Hall–Kier alpha value is -0.203. The molecule has 17 heavy (non-hydrogen) atoms. The molecule has 0 aliphatic carbocycles. The van der Waals surface area contributed by atoms with Gasteiger partial charge < -0.3 is 4.43 Å². The number of hydrogen-bond acceptors (Lipinski definition) is 6. The molecule has 0 unspecified atom stereocenters. The third kappa shape index (κ3) is 8.51. The molecule has 0 aliphatic heterocycles. The van der Waals surface area contributed by atoms with Crippen LogP contribution >= 0.6 is 7.82 Å². The number of phosphoric ester groups is 1. The standard InChI is InChI=1S/C9H21O6PSi/c1-6-12-16(11,13-7-2)14-8-9(10)15-17(3,4)5/h6-8H2,1-5H3. The summed E-state index contributed by atoms with van der Waals surface area (Å²) in [5.41, 5.74) is 0. The van der Waals surface area contributed by atoms with E-state index < -0.39 is 28.7 Å². The van der Waals surface area contributed by atoms with Gasteiger partial charge in [0.15, 0.2) is 6.61 Å². The van der Waals surface area contributed by atoms with E-state index in [1.54, 1.807) is 13.8 Å². The van der Waals surface area contributed by atoms with Crippen LogP contribution in [0.4, 0.5) is 0 Å². The Bertz CT molecular complexity index is 278. The fourth-order valence-electron chi connectivity index (χ4n) is 0.931. The molecule has 0 amide bonds. The smallest absolute Gasteiger partial charge is 0.475 e.